The van der Waals surface area contributed by atoms with Crippen LogP contribution in [0, 0.1) is 13.8 Å². The molecule has 0 bridgehead atoms. The largest absolute Gasteiger partial charge is 0.493 e. The normalized spacial score (nSPS) is 15.1. The number of methoxy groups -OCH3 is 1. The van der Waals surface area contributed by atoms with Crippen LogP contribution in [-0.2, 0) is 0 Å². The Kier molecular flexibility index (Phi) is 5.34. The van der Waals surface area contributed by atoms with Crippen LogP contribution in [0.1, 0.15) is 29.7 Å². The first-order valence-electron chi connectivity index (χ1n) is 9.92. The van der Waals surface area contributed by atoms with Gasteiger partial charge in [-0.3, -0.25) is 0 Å². The van der Waals surface area contributed by atoms with Gasteiger partial charge in [0.05, 0.1) is 13.7 Å². The van der Waals surface area contributed by atoms with Crippen molar-refractivity contribution in [3.05, 3.63) is 71.3 Å². The van der Waals surface area contributed by atoms with Crippen molar-refractivity contribution in [2.75, 3.05) is 20.3 Å². The third-order valence-electron chi connectivity index (χ3n) is 5.21. The zero-order valence-corrected chi connectivity index (χ0v) is 17.3. The number of para-hydroxylation sites is 2. The Morgan fingerprint density at radius 3 is 2.28 bits per heavy atom. The van der Waals surface area contributed by atoms with Gasteiger partial charge in [0, 0.05) is 11.1 Å². The Balaban J connectivity index is 1.80. The molecule has 3 aromatic carbocycles. The van der Waals surface area contributed by atoms with E-state index in [2.05, 4.69) is 50.2 Å². The van der Waals surface area contributed by atoms with Crippen molar-refractivity contribution in [3.63, 3.8) is 0 Å². The smallest absolute Gasteiger partial charge is 0.161 e. The van der Waals surface area contributed by atoms with Crippen molar-refractivity contribution in [1.82, 2.24) is 0 Å². The summed E-state index contributed by atoms with van der Waals surface area (Å²) in [5.41, 5.74) is 5.30. The van der Waals surface area contributed by atoms with Crippen LogP contribution < -0.4 is 18.9 Å². The van der Waals surface area contributed by atoms with E-state index >= 15 is 0 Å². The molecule has 150 valence electrons. The average Bonchev–Trinajstić information content (AvgIpc) is 2.71. The summed E-state index contributed by atoms with van der Waals surface area (Å²) in [4.78, 5) is 0. The van der Waals surface area contributed by atoms with E-state index in [0.717, 1.165) is 45.1 Å². The van der Waals surface area contributed by atoms with Crippen LogP contribution in [0.2, 0.25) is 0 Å². The minimum absolute atomic E-state index is 0.271. The Labute approximate surface area is 172 Å². The number of aryl methyl sites for hydroxylation is 2. The maximum atomic E-state index is 6.53. The monoisotopic (exact) mass is 390 g/mol. The molecule has 0 fully saturated rings. The van der Waals surface area contributed by atoms with Gasteiger partial charge >= 0.3 is 0 Å². The molecule has 1 heterocycles. The molecular formula is C25H26O4. The highest BCUT2D eigenvalue weighted by Gasteiger charge is 2.25. The molecule has 0 N–H and O–H groups in total. The zero-order valence-electron chi connectivity index (χ0n) is 17.3. The SMILES string of the molecule is CCOc1ccc(C2COc3c(C)cccc3-c3cccc(C)c3O2)cc1OC. The van der Waals surface area contributed by atoms with Gasteiger partial charge in [0.25, 0.3) is 0 Å². The lowest BCUT2D eigenvalue weighted by Crippen LogP contribution is -2.20. The fourth-order valence-corrected chi connectivity index (χ4v) is 3.74. The fourth-order valence-electron chi connectivity index (χ4n) is 3.74. The Morgan fingerprint density at radius 1 is 0.897 bits per heavy atom. The highest BCUT2D eigenvalue weighted by atomic mass is 16.5. The first-order valence-corrected chi connectivity index (χ1v) is 9.92. The summed E-state index contributed by atoms with van der Waals surface area (Å²) in [6.45, 7) is 7.10. The molecule has 3 aromatic rings. The molecule has 1 atom stereocenters. The van der Waals surface area contributed by atoms with E-state index in [1.807, 2.05) is 25.1 Å². The Morgan fingerprint density at radius 2 is 1.59 bits per heavy atom. The summed E-state index contributed by atoms with van der Waals surface area (Å²) in [6.07, 6.45) is -0.271. The zero-order chi connectivity index (χ0) is 20.4. The van der Waals surface area contributed by atoms with Crippen LogP contribution in [-0.4, -0.2) is 20.3 Å². The molecule has 0 aromatic heterocycles. The van der Waals surface area contributed by atoms with Crippen molar-refractivity contribution in [1.29, 1.82) is 0 Å². The number of hydrogen-bond donors (Lipinski definition) is 0. The van der Waals surface area contributed by atoms with Crippen LogP contribution in [0.15, 0.2) is 54.6 Å². The van der Waals surface area contributed by atoms with Crippen LogP contribution >= 0.6 is 0 Å². The second-order valence-corrected chi connectivity index (χ2v) is 7.16. The first-order chi connectivity index (χ1) is 14.1. The third-order valence-corrected chi connectivity index (χ3v) is 5.21. The van der Waals surface area contributed by atoms with E-state index in [0.29, 0.717) is 19.0 Å². The van der Waals surface area contributed by atoms with Gasteiger partial charge in [-0.1, -0.05) is 42.5 Å². The van der Waals surface area contributed by atoms with E-state index in [9.17, 15) is 0 Å². The summed E-state index contributed by atoms with van der Waals surface area (Å²) in [5.74, 6) is 3.21. The molecule has 0 saturated carbocycles. The lowest BCUT2D eigenvalue weighted by Gasteiger charge is -2.28. The molecule has 1 aliphatic heterocycles. The number of hydrogen-bond acceptors (Lipinski definition) is 4. The summed E-state index contributed by atoms with van der Waals surface area (Å²) >= 11 is 0. The molecule has 0 saturated heterocycles. The predicted molar refractivity (Wildman–Crippen MR) is 114 cm³/mol. The molecule has 29 heavy (non-hydrogen) atoms. The predicted octanol–water partition coefficient (Wildman–Crippen LogP) is 5.89. The second kappa shape index (κ2) is 8.08. The molecule has 1 aliphatic rings. The standard InChI is InChI=1S/C25H26O4/c1-5-27-21-13-12-18(14-22(21)26-4)23-15-28-24-16(2)8-6-10-19(24)20-11-7-9-17(3)25(20)29-23/h6-14,23H,5,15H2,1-4H3. The molecule has 0 spiro atoms. The number of benzene rings is 3. The van der Waals surface area contributed by atoms with E-state index in [1.165, 1.54) is 0 Å². The topological polar surface area (TPSA) is 36.9 Å². The summed E-state index contributed by atoms with van der Waals surface area (Å²) < 4.78 is 24.0. The molecule has 0 aliphatic carbocycles. The van der Waals surface area contributed by atoms with Crippen molar-refractivity contribution in [3.8, 4) is 34.1 Å². The summed E-state index contributed by atoms with van der Waals surface area (Å²) in [6, 6.07) is 18.3. The lowest BCUT2D eigenvalue weighted by molar-refractivity contribution is 0.126. The van der Waals surface area contributed by atoms with Gasteiger partial charge in [0.1, 0.15) is 18.1 Å². The number of ether oxygens (including phenoxy) is 4. The highest BCUT2D eigenvalue weighted by molar-refractivity contribution is 5.78. The molecular weight excluding hydrogens is 364 g/mol. The van der Waals surface area contributed by atoms with Crippen LogP contribution in [0.4, 0.5) is 0 Å². The van der Waals surface area contributed by atoms with Gasteiger partial charge in [-0.25, -0.2) is 0 Å². The van der Waals surface area contributed by atoms with Crippen molar-refractivity contribution >= 4 is 0 Å². The van der Waals surface area contributed by atoms with E-state index in [1.54, 1.807) is 7.11 Å². The molecule has 0 radical (unpaired) electrons. The molecule has 4 heteroatoms. The quantitative estimate of drug-likeness (QED) is 0.557. The Hall–Kier alpha value is -3.14. The van der Waals surface area contributed by atoms with E-state index in [4.69, 9.17) is 18.9 Å². The fraction of sp³-hybridized carbons (Fsp3) is 0.280. The molecule has 0 amide bonds. The third kappa shape index (κ3) is 3.63. The van der Waals surface area contributed by atoms with Gasteiger partial charge in [0.15, 0.2) is 17.6 Å². The van der Waals surface area contributed by atoms with Gasteiger partial charge in [0.2, 0.25) is 0 Å². The number of fused-ring (bicyclic) bond motifs is 3. The van der Waals surface area contributed by atoms with Crippen molar-refractivity contribution < 1.29 is 18.9 Å². The highest BCUT2D eigenvalue weighted by Crippen LogP contribution is 2.44. The van der Waals surface area contributed by atoms with E-state index in [-0.39, 0.29) is 6.10 Å². The second-order valence-electron chi connectivity index (χ2n) is 7.16. The average molecular weight is 390 g/mol. The Bertz CT molecular complexity index is 1030. The summed E-state index contributed by atoms with van der Waals surface area (Å²) in [7, 11) is 1.65. The van der Waals surface area contributed by atoms with Gasteiger partial charge < -0.3 is 18.9 Å². The molecule has 4 nitrogen and oxygen atoms in total. The minimum atomic E-state index is -0.271. The maximum Gasteiger partial charge on any atom is 0.161 e. The van der Waals surface area contributed by atoms with Gasteiger partial charge in [-0.15, -0.1) is 0 Å². The van der Waals surface area contributed by atoms with Gasteiger partial charge in [-0.05, 0) is 49.6 Å². The minimum Gasteiger partial charge on any atom is -0.493 e. The van der Waals surface area contributed by atoms with Gasteiger partial charge in [-0.2, -0.15) is 0 Å². The maximum absolute atomic E-state index is 6.53. The first kappa shape index (κ1) is 19.2. The van der Waals surface area contributed by atoms with E-state index < -0.39 is 0 Å². The number of rotatable bonds is 4. The molecule has 1 unspecified atom stereocenters. The lowest BCUT2D eigenvalue weighted by atomic mass is 9.97. The summed E-state index contributed by atoms with van der Waals surface area (Å²) in [5, 5.41) is 0. The van der Waals surface area contributed by atoms with Crippen LogP contribution in [0.5, 0.6) is 23.0 Å². The van der Waals surface area contributed by atoms with Crippen molar-refractivity contribution in [2.24, 2.45) is 0 Å². The van der Waals surface area contributed by atoms with Crippen LogP contribution in [0.25, 0.3) is 11.1 Å². The molecule has 4 rings (SSSR count). The van der Waals surface area contributed by atoms with Crippen LogP contribution in [0.3, 0.4) is 0 Å². The van der Waals surface area contributed by atoms with Crippen molar-refractivity contribution in [2.45, 2.75) is 26.9 Å².